The van der Waals surface area contributed by atoms with Crippen molar-refractivity contribution in [2.24, 2.45) is 0 Å². The van der Waals surface area contributed by atoms with Gasteiger partial charge in [0.05, 0.1) is 11.1 Å². The predicted octanol–water partition coefficient (Wildman–Crippen LogP) is 18.3. The van der Waals surface area contributed by atoms with E-state index in [1.165, 1.54) is 48.5 Å². The minimum Gasteiger partial charge on any atom is -0.457 e. The number of ether oxygens (including phenoxy) is 12. The van der Waals surface area contributed by atoms with E-state index in [2.05, 4.69) is 45.3 Å². The Bertz CT molecular complexity index is 3540. The monoisotopic (exact) mass is 1490 g/mol. The molecular formula is C72H80F12O20. The van der Waals surface area contributed by atoms with E-state index in [4.69, 9.17) is 37.9 Å². The zero-order chi connectivity index (χ0) is 71.0. The Kier molecular flexibility index (Phi) is 43.0. The SMILES string of the molecule is C.C.C.C.C.C.C.C.C=CC(=O)OCOc1ccc(C(=O)Oc2ccc(OC(=O)c3ccc(OCOC(=O)C=C)cc3)c(C(F)(F)F)c2C(F)(F)F)cc1.C=CC(=O)OCOc1ccc(CCC(=O)Oc2ccc(OC(=O)CCc3ccc(OCOC(=O)C=C)cc3)c(C(F)(F)F)c2C(F)(F)F)cc1. The maximum absolute atomic E-state index is 14.1. The number of carbonyl (C=O) groups is 8. The summed E-state index contributed by atoms with van der Waals surface area (Å²) in [7, 11) is 0. The molecule has 104 heavy (non-hydrogen) atoms. The van der Waals surface area contributed by atoms with Crippen LogP contribution in [0.3, 0.4) is 0 Å². The summed E-state index contributed by atoms with van der Waals surface area (Å²) in [5.74, 6) is -13.6. The number of carbonyl (C=O) groups excluding carboxylic acids is 8. The first kappa shape index (κ1) is 98.8. The predicted molar refractivity (Wildman–Crippen MR) is 357 cm³/mol. The van der Waals surface area contributed by atoms with Crippen LogP contribution in [0.1, 0.15) is 126 Å². The molecule has 0 saturated heterocycles. The van der Waals surface area contributed by atoms with Crippen LogP contribution in [0.4, 0.5) is 52.7 Å². The highest BCUT2D eigenvalue weighted by Gasteiger charge is 2.50. The Morgan fingerprint density at radius 2 is 0.500 bits per heavy atom. The molecule has 0 spiro atoms. The summed E-state index contributed by atoms with van der Waals surface area (Å²) in [5.41, 5.74) is -9.25. The van der Waals surface area contributed by atoms with Crippen molar-refractivity contribution in [3.8, 4) is 46.0 Å². The van der Waals surface area contributed by atoms with E-state index in [1.807, 2.05) is 0 Å². The molecule has 0 fully saturated rings. The second kappa shape index (κ2) is 45.3. The van der Waals surface area contributed by atoms with Crippen molar-refractivity contribution in [2.45, 2.75) is 110 Å². The Balaban J connectivity index is -0.000000895. The molecule has 32 heteroatoms. The van der Waals surface area contributed by atoms with E-state index in [9.17, 15) is 91.0 Å². The lowest BCUT2D eigenvalue weighted by Crippen LogP contribution is -2.22. The average molecular weight is 1490 g/mol. The lowest BCUT2D eigenvalue weighted by Gasteiger charge is -2.21. The summed E-state index contributed by atoms with van der Waals surface area (Å²) in [6, 6.07) is 22.3. The van der Waals surface area contributed by atoms with E-state index in [-0.39, 0.29) is 106 Å². The molecule has 0 amide bonds. The second-order valence-electron chi connectivity index (χ2n) is 18.4. The molecule has 0 unspecified atom stereocenters. The minimum atomic E-state index is -5.74. The van der Waals surface area contributed by atoms with Gasteiger partial charge in [-0.05, 0) is 121 Å². The fraction of sp³-hybridized carbons (Fsp3) is 0.278. The zero-order valence-electron chi connectivity index (χ0n) is 49.0. The summed E-state index contributed by atoms with van der Waals surface area (Å²) in [6.07, 6.45) is -20.3. The van der Waals surface area contributed by atoms with Gasteiger partial charge in [0.15, 0.2) is 0 Å². The van der Waals surface area contributed by atoms with Crippen LogP contribution in [-0.2, 0) is 85.3 Å². The van der Waals surface area contributed by atoms with Crippen molar-refractivity contribution in [3.63, 3.8) is 0 Å². The van der Waals surface area contributed by atoms with E-state index in [0.717, 1.165) is 72.8 Å². The molecule has 0 heterocycles. The average Bonchev–Trinajstić information content (AvgIpc) is 0.767. The molecule has 0 aliphatic heterocycles. The van der Waals surface area contributed by atoms with Gasteiger partial charge in [-0.3, -0.25) is 9.59 Å². The summed E-state index contributed by atoms with van der Waals surface area (Å²) in [4.78, 5) is 94.2. The molecule has 0 N–H and O–H groups in total. The summed E-state index contributed by atoms with van der Waals surface area (Å²) in [5, 5.41) is 0. The van der Waals surface area contributed by atoms with Gasteiger partial charge in [-0.2, -0.15) is 52.7 Å². The summed E-state index contributed by atoms with van der Waals surface area (Å²) < 4.78 is 227. The number of esters is 8. The lowest BCUT2D eigenvalue weighted by molar-refractivity contribution is -0.165. The van der Waals surface area contributed by atoms with Crippen molar-refractivity contribution >= 4 is 47.8 Å². The molecule has 20 nitrogen and oxygen atoms in total. The molecular weight excluding hydrogens is 1410 g/mol. The smallest absolute Gasteiger partial charge is 0.420 e. The van der Waals surface area contributed by atoms with Gasteiger partial charge in [-0.25, -0.2) is 28.8 Å². The van der Waals surface area contributed by atoms with Crippen LogP contribution in [0.5, 0.6) is 46.0 Å². The van der Waals surface area contributed by atoms with Gasteiger partial charge in [0.2, 0.25) is 27.2 Å². The molecule has 0 atom stereocenters. The van der Waals surface area contributed by atoms with Crippen LogP contribution in [0, 0.1) is 0 Å². The van der Waals surface area contributed by atoms with Crippen molar-refractivity contribution in [1.29, 1.82) is 0 Å². The first-order chi connectivity index (χ1) is 45.2. The lowest BCUT2D eigenvalue weighted by atomic mass is 10.0. The van der Waals surface area contributed by atoms with Crippen LogP contribution in [0.15, 0.2) is 172 Å². The highest BCUT2D eigenvalue weighted by Crippen LogP contribution is 2.51. The zero-order valence-corrected chi connectivity index (χ0v) is 49.0. The number of rotatable bonds is 28. The Labute approximate surface area is 593 Å². The topological polar surface area (TPSA) is 247 Å². The first-order valence-electron chi connectivity index (χ1n) is 26.8. The van der Waals surface area contributed by atoms with Gasteiger partial charge in [0.1, 0.15) is 68.2 Å². The quantitative estimate of drug-likeness (QED) is 0.0111. The largest absolute Gasteiger partial charge is 0.457 e. The van der Waals surface area contributed by atoms with Crippen LogP contribution in [0.2, 0.25) is 0 Å². The van der Waals surface area contributed by atoms with Gasteiger partial charge < -0.3 is 56.8 Å². The molecule has 0 bridgehead atoms. The van der Waals surface area contributed by atoms with Gasteiger partial charge in [-0.15, -0.1) is 0 Å². The Hall–Kier alpha value is -11.6. The molecule has 0 aromatic heterocycles. The number of aryl methyl sites for hydroxylation is 2. The van der Waals surface area contributed by atoms with Crippen LogP contribution in [0.25, 0.3) is 0 Å². The molecule has 0 aliphatic rings. The highest BCUT2D eigenvalue weighted by molar-refractivity contribution is 5.93. The maximum Gasteiger partial charge on any atom is 0.420 e. The number of benzene rings is 6. The number of halogens is 12. The third kappa shape index (κ3) is 31.1. The van der Waals surface area contributed by atoms with Gasteiger partial charge in [0, 0.05) is 37.1 Å². The number of alkyl halides is 12. The molecule has 6 aromatic rings. The van der Waals surface area contributed by atoms with Crippen molar-refractivity contribution < 1.29 is 148 Å². The maximum atomic E-state index is 14.1. The van der Waals surface area contributed by atoms with Gasteiger partial charge >= 0.3 is 72.5 Å². The fourth-order valence-corrected chi connectivity index (χ4v) is 7.49. The summed E-state index contributed by atoms with van der Waals surface area (Å²) in [6.45, 7) is 11.0. The van der Waals surface area contributed by atoms with E-state index in [1.54, 1.807) is 0 Å². The van der Waals surface area contributed by atoms with Gasteiger partial charge in [0.25, 0.3) is 0 Å². The first-order valence-corrected chi connectivity index (χ1v) is 26.8. The summed E-state index contributed by atoms with van der Waals surface area (Å²) >= 11 is 0. The normalized spacial score (nSPS) is 10.3. The van der Waals surface area contributed by atoms with Crippen LogP contribution in [-0.4, -0.2) is 74.9 Å². The van der Waals surface area contributed by atoms with Crippen molar-refractivity contribution in [2.75, 3.05) is 27.2 Å². The fourth-order valence-electron chi connectivity index (χ4n) is 7.49. The molecule has 0 aliphatic carbocycles. The third-order valence-electron chi connectivity index (χ3n) is 11.9. The standard InChI is InChI=1S/C34H28F6O10.C30H20F6O10.8CH4/c1-3-27(41)47-19-45-23-11-5-21(6-12-23)9-17-29(43)49-25-15-16-26(32(34(38,39)40)31(25)33(35,36)37)50-30(44)18-10-22-7-13-24(14-8-22)46-20-48-28(42)4-2;1-3-23(37)43-15-41-19-9-5-17(6-10-19)27(39)45-21-13-14-22(26(30(34,35)36)25(21)29(31,32)33)46-28(40)18-7-11-20(12-8-18)42-16-44-24(38)4-2;;;;;;;;/h3-8,11-16H,1-2,9-10,17-20H2;3-14H,1-2,15-16H2;8*1H4. The molecule has 6 rings (SSSR count). The number of hydrogen-bond acceptors (Lipinski definition) is 20. The van der Waals surface area contributed by atoms with E-state index >= 15 is 0 Å². The minimum absolute atomic E-state index is 0. The highest BCUT2D eigenvalue weighted by atomic mass is 19.4. The van der Waals surface area contributed by atoms with Gasteiger partial charge in [-0.1, -0.05) is 110 Å². The Morgan fingerprint density at radius 3 is 0.702 bits per heavy atom. The van der Waals surface area contributed by atoms with E-state index < -0.39 is 158 Å². The van der Waals surface area contributed by atoms with Crippen LogP contribution < -0.4 is 37.9 Å². The van der Waals surface area contributed by atoms with Crippen LogP contribution >= 0.6 is 0 Å². The molecule has 0 radical (unpaired) electrons. The molecule has 572 valence electrons. The molecule has 0 saturated carbocycles. The second-order valence-corrected chi connectivity index (χ2v) is 18.4. The molecule has 6 aromatic carbocycles. The third-order valence-corrected chi connectivity index (χ3v) is 11.9. The van der Waals surface area contributed by atoms with E-state index in [0.29, 0.717) is 35.4 Å². The van der Waals surface area contributed by atoms with Crippen molar-refractivity contribution in [1.82, 2.24) is 0 Å². The van der Waals surface area contributed by atoms with Crippen molar-refractivity contribution in [3.05, 3.63) is 216 Å². The number of hydrogen-bond donors (Lipinski definition) is 0. The Morgan fingerprint density at radius 1 is 0.298 bits per heavy atom.